The number of anilines is 1. The molecule has 0 aliphatic carbocycles. The monoisotopic (exact) mass is 312 g/mol. The molecule has 0 radical (unpaired) electrons. The van der Waals surface area contributed by atoms with Crippen molar-refractivity contribution >= 4 is 21.6 Å². The fraction of sp³-hybridized carbons (Fsp3) is 0.533. The van der Waals surface area contributed by atoms with E-state index in [9.17, 15) is 13.2 Å². The SMILES string of the molecule is CCCC(C)NC(=O)Cc1ccc(N(C)S(C)(=O)=O)cc1. The van der Waals surface area contributed by atoms with Crippen LogP contribution in [-0.4, -0.2) is 33.7 Å². The molecule has 0 saturated carbocycles. The van der Waals surface area contributed by atoms with Crippen molar-refractivity contribution in [1.82, 2.24) is 5.32 Å². The fourth-order valence-electron chi connectivity index (χ4n) is 2.03. The van der Waals surface area contributed by atoms with Gasteiger partial charge in [0.1, 0.15) is 0 Å². The van der Waals surface area contributed by atoms with E-state index >= 15 is 0 Å². The molecule has 1 aromatic carbocycles. The summed E-state index contributed by atoms with van der Waals surface area (Å²) in [5.41, 5.74) is 1.45. The van der Waals surface area contributed by atoms with Crippen molar-refractivity contribution in [3.8, 4) is 0 Å². The first-order valence-corrected chi connectivity index (χ1v) is 8.91. The van der Waals surface area contributed by atoms with E-state index in [1.807, 2.05) is 6.92 Å². The average Bonchev–Trinajstić information content (AvgIpc) is 2.37. The summed E-state index contributed by atoms with van der Waals surface area (Å²) in [6.45, 7) is 4.07. The zero-order chi connectivity index (χ0) is 16.0. The highest BCUT2D eigenvalue weighted by Crippen LogP contribution is 2.16. The summed E-state index contributed by atoms with van der Waals surface area (Å²) in [6, 6.07) is 7.15. The van der Waals surface area contributed by atoms with Crippen molar-refractivity contribution in [2.24, 2.45) is 0 Å². The predicted octanol–water partition coefficient (Wildman–Crippen LogP) is 1.93. The Morgan fingerprint density at radius 2 is 1.86 bits per heavy atom. The lowest BCUT2D eigenvalue weighted by Gasteiger charge is -2.17. The Kier molecular flexibility index (Phi) is 6.20. The zero-order valence-corrected chi connectivity index (χ0v) is 13.9. The van der Waals surface area contributed by atoms with Crippen LogP contribution >= 0.6 is 0 Å². The number of rotatable bonds is 7. The third-order valence-electron chi connectivity index (χ3n) is 3.29. The van der Waals surface area contributed by atoms with E-state index in [0.29, 0.717) is 12.1 Å². The maximum atomic E-state index is 11.9. The van der Waals surface area contributed by atoms with Gasteiger partial charge < -0.3 is 5.32 Å². The summed E-state index contributed by atoms with van der Waals surface area (Å²) < 4.78 is 24.1. The number of hydrogen-bond acceptors (Lipinski definition) is 3. The van der Waals surface area contributed by atoms with Gasteiger partial charge in [0.15, 0.2) is 0 Å². The van der Waals surface area contributed by atoms with Crippen LogP contribution in [0.4, 0.5) is 5.69 Å². The highest BCUT2D eigenvalue weighted by atomic mass is 32.2. The summed E-state index contributed by atoms with van der Waals surface area (Å²) >= 11 is 0. The van der Waals surface area contributed by atoms with Crippen molar-refractivity contribution in [2.45, 2.75) is 39.2 Å². The topological polar surface area (TPSA) is 66.5 Å². The molecule has 0 heterocycles. The van der Waals surface area contributed by atoms with Gasteiger partial charge >= 0.3 is 0 Å². The second kappa shape index (κ2) is 7.45. The first-order chi connectivity index (χ1) is 9.74. The highest BCUT2D eigenvalue weighted by Gasteiger charge is 2.12. The quantitative estimate of drug-likeness (QED) is 0.836. The maximum absolute atomic E-state index is 11.9. The Morgan fingerprint density at radius 3 is 2.33 bits per heavy atom. The van der Waals surface area contributed by atoms with Crippen molar-refractivity contribution in [3.63, 3.8) is 0 Å². The van der Waals surface area contributed by atoms with Crippen LogP contribution in [0.15, 0.2) is 24.3 Å². The first-order valence-electron chi connectivity index (χ1n) is 7.06. The number of benzene rings is 1. The molecule has 1 unspecified atom stereocenters. The molecular formula is C15H24N2O3S. The van der Waals surface area contributed by atoms with E-state index in [4.69, 9.17) is 0 Å². The minimum Gasteiger partial charge on any atom is -0.353 e. The van der Waals surface area contributed by atoms with Crippen LogP contribution < -0.4 is 9.62 Å². The molecule has 1 rings (SSSR count). The number of sulfonamides is 1. The Morgan fingerprint density at radius 1 is 1.29 bits per heavy atom. The molecule has 1 aromatic rings. The van der Waals surface area contributed by atoms with Gasteiger partial charge in [0, 0.05) is 13.1 Å². The third kappa shape index (κ3) is 5.75. The average molecular weight is 312 g/mol. The lowest BCUT2D eigenvalue weighted by Crippen LogP contribution is -2.33. The summed E-state index contributed by atoms with van der Waals surface area (Å²) in [4.78, 5) is 11.9. The van der Waals surface area contributed by atoms with Crippen molar-refractivity contribution in [1.29, 1.82) is 0 Å². The molecule has 1 amide bonds. The van der Waals surface area contributed by atoms with Gasteiger partial charge in [-0.15, -0.1) is 0 Å². The molecule has 0 aliphatic rings. The Balaban J connectivity index is 2.65. The van der Waals surface area contributed by atoms with Gasteiger partial charge in [-0.25, -0.2) is 8.42 Å². The molecule has 0 fully saturated rings. The van der Waals surface area contributed by atoms with Crippen LogP contribution in [-0.2, 0) is 21.2 Å². The van der Waals surface area contributed by atoms with Gasteiger partial charge in [0.2, 0.25) is 15.9 Å². The number of carbonyl (C=O) groups excluding carboxylic acids is 1. The molecular weight excluding hydrogens is 288 g/mol. The van der Waals surface area contributed by atoms with Gasteiger partial charge in [-0.2, -0.15) is 0 Å². The van der Waals surface area contributed by atoms with Gasteiger partial charge in [0.25, 0.3) is 0 Å². The van der Waals surface area contributed by atoms with E-state index < -0.39 is 10.0 Å². The Labute approximate surface area is 127 Å². The molecule has 0 aliphatic heterocycles. The molecule has 0 spiro atoms. The van der Waals surface area contributed by atoms with E-state index in [-0.39, 0.29) is 11.9 Å². The minimum atomic E-state index is -3.26. The summed E-state index contributed by atoms with van der Waals surface area (Å²) in [7, 11) is -1.76. The molecule has 1 N–H and O–H groups in total. The van der Waals surface area contributed by atoms with Crippen molar-refractivity contribution < 1.29 is 13.2 Å². The molecule has 6 heteroatoms. The lowest BCUT2D eigenvalue weighted by molar-refractivity contribution is -0.121. The van der Waals surface area contributed by atoms with Crippen LogP contribution in [0.5, 0.6) is 0 Å². The number of carbonyl (C=O) groups is 1. The zero-order valence-electron chi connectivity index (χ0n) is 13.1. The standard InChI is InChI=1S/C15H24N2O3S/c1-5-6-12(2)16-15(18)11-13-7-9-14(10-8-13)17(3)21(4,19)20/h7-10,12H,5-6,11H2,1-4H3,(H,16,18). The molecule has 1 atom stereocenters. The lowest BCUT2D eigenvalue weighted by atomic mass is 10.1. The van der Waals surface area contributed by atoms with E-state index in [2.05, 4.69) is 12.2 Å². The summed E-state index contributed by atoms with van der Waals surface area (Å²) in [5.74, 6) is -0.0137. The largest absolute Gasteiger partial charge is 0.353 e. The Bertz CT molecular complexity index is 567. The molecule has 0 bridgehead atoms. The normalized spacial score (nSPS) is 12.8. The van der Waals surface area contributed by atoms with Crippen LogP contribution in [0.25, 0.3) is 0 Å². The minimum absolute atomic E-state index is 0.0137. The van der Waals surface area contributed by atoms with Gasteiger partial charge in [-0.3, -0.25) is 9.10 Å². The van der Waals surface area contributed by atoms with Gasteiger partial charge in [0.05, 0.1) is 18.4 Å². The second-order valence-electron chi connectivity index (χ2n) is 5.33. The number of nitrogens with zero attached hydrogens (tertiary/aromatic N) is 1. The molecule has 0 aromatic heterocycles. The molecule has 5 nitrogen and oxygen atoms in total. The molecule has 0 saturated heterocycles. The van der Waals surface area contributed by atoms with Crippen LogP contribution in [0, 0.1) is 0 Å². The van der Waals surface area contributed by atoms with Crippen LogP contribution in [0.1, 0.15) is 32.3 Å². The second-order valence-corrected chi connectivity index (χ2v) is 7.34. The van der Waals surface area contributed by atoms with Gasteiger partial charge in [-0.1, -0.05) is 25.5 Å². The summed E-state index contributed by atoms with van der Waals surface area (Å²) in [5, 5.41) is 2.95. The van der Waals surface area contributed by atoms with Crippen molar-refractivity contribution in [3.05, 3.63) is 29.8 Å². The van der Waals surface area contributed by atoms with Crippen molar-refractivity contribution in [2.75, 3.05) is 17.6 Å². The van der Waals surface area contributed by atoms with E-state index in [1.165, 1.54) is 11.4 Å². The maximum Gasteiger partial charge on any atom is 0.231 e. The van der Waals surface area contributed by atoms with Crippen LogP contribution in [0.3, 0.4) is 0 Å². The third-order valence-corrected chi connectivity index (χ3v) is 4.50. The van der Waals surface area contributed by atoms with E-state index in [1.54, 1.807) is 24.3 Å². The Hall–Kier alpha value is -1.56. The fourth-order valence-corrected chi connectivity index (χ4v) is 2.54. The van der Waals surface area contributed by atoms with Crippen LogP contribution in [0.2, 0.25) is 0 Å². The highest BCUT2D eigenvalue weighted by molar-refractivity contribution is 7.92. The summed E-state index contributed by atoms with van der Waals surface area (Å²) in [6.07, 6.45) is 3.46. The smallest absolute Gasteiger partial charge is 0.231 e. The van der Waals surface area contributed by atoms with E-state index in [0.717, 1.165) is 24.7 Å². The number of nitrogens with one attached hydrogen (secondary N) is 1. The predicted molar refractivity (Wildman–Crippen MR) is 85.9 cm³/mol. The number of hydrogen-bond donors (Lipinski definition) is 1. The first kappa shape index (κ1) is 17.5. The van der Waals surface area contributed by atoms with Gasteiger partial charge in [-0.05, 0) is 31.0 Å². The molecule has 21 heavy (non-hydrogen) atoms. The molecule has 118 valence electrons. The number of amides is 1.